The highest BCUT2D eigenvalue weighted by atomic mass is 32.2. The summed E-state index contributed by atoms with van der Waals surface area (Å²) in [5.74, 6) is 2.91. The summed E-state index contributed by atoms with van der Waals surface area (Å²) in [6.45, 7) is 4.76. The number of aromatic nitrogens is 2. The molecule has 2 unspecified atom stereocenters. The van der Waals surface area contributed by atoms with E-state index < -0.39 is 0 Å². The molecule has 1 aromatic carbocycles. The maximum atomic E-state index is 13.0. The molecule has 2 fully saturated rings. The van der Waals surface area contributed by atoms with Crippen LogP contribution in [-0.2, 0) is 16.0 Å². The molecule has 2 aromatic rings. The minimum Gasteiger partial charge on any atom is -0.454 e. The van der Waals surface area contributed by atoms with Crippen LogP contribution in [0.1, 0.15) is 54.8 Å². The highest BCUT2D eigenvalue weighted by Crippen LogP contribution is 2.33. The van der Waals surface area contributed by atoms with Crippen LogP contribution in [0, 0.1) is 6.92 Å². The predicted molar refractivity (Wildman–Crippen MR) is 126 cm³/mol. The van der Waals surface area contributed by atoms with Gasteiger partial charge in [-0.3, -0.25) is 4.79 Å². The molecule has 7 nitrogen and oxygen atoms in total. The van der Waals surface area contributed by atoms with Gasteiger partial charge in [-0.25, -0.2) is 9.97 Å². The molecule has 3 aliphatic rings. The van der Waals surface area contributed by atoms with Crippen LogP contribution < -0.4 is 9.47 Å². The number of fused-ring (bicyclic) bond motifs is 1. The van der Waals surface area contributed by atoms with Crippen molar-refractivity contribution in [1.82, 2.24) is 14.9 Å². The van der Waals surface area contributed by atoms with E-state index in [-0.39, 0.29) is 18.6 Å². The van der Waals surface area contributed by atoms with E-state index in [0.29, 0.717) is 18.9 Å². The van der Waals surface area contributed by atoms with Crippen LogP contribution in [0.3, 0.4) is 0 Å². The standard InChI is InChI=1S/C25H31N3O4S/c1-17-13-26-25(33-15-20-5-3-11-30-20)27-24(17)19-4-2-10-28(14-19)23(29)9-7-18-6-8-21-22(12-18)32-16-31-21/h6,8,12-13,19-20H,2-5,7,9-11,14-16H2,1H3. The Morgan fingerprint density at radius 1 is 1.21 bits per heavy atom. The van der Waals surface area contributed by atoms with Crippen molar-refractivity contribution in [2.24, 2.45) is 0 Å². The third-order valence-electron chi connectivity index (χ3n) is 6.64. The summed E-state index contributed by atoms with van der Waals surface area (Å²) >= 11 is 1.68. The third kappa shape index (κ3) is 5.44. The highest BCUT2D eigenvalue weighted by molar-refractivity contribution is 7.99. The molecule has 1 amide bonds. The Balaban J connectivity index is 1.18. The molecule has 0 saturated carbocycles. The molecule has 0 radical (unpaired) electrons. The second-order valence-corrected chi connectivity index (χ2v) is 10.0. The molecule has 0 bridgehead atoms. The Kier molecular flexibility index (Phi) is 7.02. The van der Waals surface area contributed by atoms with E-state index in [0.717, 1.165) is 84.6 Å². The minimum absolute atomic E-state index is 0.206. The lowest BCUT2D eigenvalue weighted by Gasteiger charge is -2.33. The van der Waals surface area contributed by atoms with Crippen LogP contribution in [0.4, 0.5) is 0 Å². The average Bonchev–Trinajstić information content (AvgIpc) is 3.54. The number of thioether (sulfide) groups is 1. The van der Waals surface area contributed by atoms with Gasteiger partial charge in [-0.15, -0.1) is 0 Å². The molecule has 2 saturated heterocycles. The van der Waals surface area contributed by atoms with Crippen LogP contribution >= 0.6 is 11.8 Å². The van der Waals surface area contributed by atoms with Crippen LogP contribution in [0.15, 0.2) is 29.6 Å². The van der Waals surface area contributed by atoms with Gasteiger partial charge in [0.1, 0.15) is 0 Å². The second kappa shape index (κ2) is 10.3. The van der Waals surface area contributed by atoms with E-state index >= 15 is 0 Å². The van der Waals surface area contributed by atoms with E-state index in [2.05, 4.69) is 11.9 Å². The minimum atomic E-state index is 0.206. The SMILES string of the molecule is Cc1cnc(SCC2CCCO2)nc1C1CCCN(C(=O)CCc2ccc3c(c2)OCO3)C1. The Labute approximate surface area is 199 Å². The summed E-state index contributed by atoms with van der Waals surface area (Å²) < 4.78 is 16.6. The van der Waals surface area contributed by atoms with Crippen molar-refractivity contribution in [3.63, 3.8) is 0 Å². The number of benzene rings is 1. The van der Waals surface area contributed by atoms with E-state index in [4.69, 9.17) is 19.2 Å². The van der Waals surface area contributed by atoms with Gasteiger partial charge in [0.2, 0.25) is 12.7 Å². The van der Waals surface area contributed by atoms with Crippen molar-refractivity contribution in [2.75, 3.05) is 32.2 Å². The van der Waals surface area contributed by atoms with Crippen molar-refractivity contribution >= 4 is 17.7 Å². The van der Waals surface area contributed by atoms with E-state index in [1.165, 1.54) is 0 Å². The lowest BCUT2D eigenvalue weighted by atomic mass is 9.92. The molecule has 176 valence electrons. The Hall–Kier alpha value is -2.32. The Morgan fingerprint density at radius 2 is 2.12 bits per heavy atom. The smallest absolute Gasteiger partial charge is 0.231 e. The molecule has 0 aliphatic carbocycles. The van der Waals surface area contributed by atoms with Gasteiger partial charge in [0.05, 0.1) is 11.8 Å². The van der Waals surface area contributed by atoms with E-state index in [9.17, 15) is 4.79 Å². The van der Waals surface area contributed by atoms with Gasteiger partial charge in [-0.2, -0.15) is 0 Å². The quantitative estimate of drug-likeness (QED) is 0.446. The topological polar surface area (TPSA) is 73.8 Å². The van der Waals surface area contributed by atoms with Gasteiger partial charge in [-0.1, -0.05) is 17.8 Å². The fourth-order valence-electron chi connectivity index (χ4n) is 4.80. The molecule has 0 spiro atoms. The molecule has 3 aliphatic heterocycles. The summed E-state index contributed by atoms with van der Waals surface area (Å²) in [4.78, 5) is 24.5. The first-order valence-electron chi connectivity index (χ1n) is 11.9. The highest BCUT2D eigenvalue weighted by Gasteiger charge is 2.27. The number of carbonyl (C=O) groups excluding carboxylic acids is 1. The number of rotatable bonds is 7. The zero-order valence-electron chi connectivity index (χ0n) is 19.1. The molecule has 8 heteroatoms. The van der Waals surface area contributed by atoms with Gasteiger partial charge >= 0.3 is 0 Å². The van der Waals surface area contributed by atoms with Crippen molar-refractivity contribution in [3.8, 4) is 11.5 Å². The second-order valence-electron chi connectivity index (χ2n) is 9.03. The molecule has 4 heterocycles. The number of nitrogens with zero attached hydrogens (tertiary/aromatic N) is 3. The average molecular weight is 470 g/mol. The first-order chi connectivity index (χ1) is 16.2. The summed E-state index contributed by atoms with van der Waals surface area (Å²) in [7, 11) is 0. The predicted octanol–water partition coefficient (Wildman–Crippen LogP) is 4.12. The number of ether oxygens (including phenoxy) is 3. The van der Waals surface area contributed by atoms with Gasteiger partial charge in [0, 0.05) is 44.0 Å². The number of amides is 1. The number of piperidine rings is 1. The fourth-order valence-corrected chi connectivity index (χ4v) is 5.69. The number of likely N-dealkylation sites (tertiary alicyclic amines) is 1. The zero-order chi connectivity index (χ0) is 22.6. The maximum absolute atomic E-state index is 13.0. The molecular weight excluding hydrogens is 438 g/mol. The molecular formula is C25H31N3O4S. The number of hydrogen-bond acceptors (Lipinski definition) is 7. The van der Waals surface area contributed by atoms with Crippen LogP contribution in [0.2, 0.25) is 0 Å². The van der Waals surface area contributed by atoms with Crippen molar-refractivity contribution in [2.45, 2.75) is 62.6 Å². The van der Waals surface area contributed by atoms with E-state index in [1.54, 1.807) is 11.8 Å². The lowest BCUT2D eigenvalue weighted by molar-refractivity contribution is -0.132. The number of carbonyl (C=O) groups is 1. The number of hydrogen-bond donors (Lipinski definition) is 0. The summed E-state index contributed by atoms with van der Waals surface area (Å²) in [5.41, 5.74) is 3.30. The van der Waals surface area contributed by atoms with Crippen molar-refractivity contribution in [3.05, 3.63) is 41.2 Å². The largest absolute Gasteiger partial charge is 0.454 e. The first-order valence-corrected chi connectivity index (χ1v) is 12.9. The van der Waals surface area contributed by atoms with Gasteiger partial charge < -0.3 is 19.1 Å². The molecule has 0 N–H and O–H groups in total. The first kappa shape index (κ1) is 22.5. The Morgan fingerprint density at radius 3 is 3.00 bits per heavy atom. The maximum Gasteiger partial charge on any atom is 0.231 e. The normalized spacial score (nSPS) is 22.0. The summed E-state index contributed by atoms with van der Waals surface area (Å²) in [6.07, 6.45) is 7.77. The molecule has 5 rings (SSSR count). The molecule has 1 aromatic heterocycles. The summed E-state index contributed by atoms with van der Waals surface area (Å²) in [5, 5.41) is 0.817. The Bertz CT molecular complexity index is 996. The molecule has 33 heavy (non-hydrogen) atoms. The fraction of sp³-hybridized carbons (Fsp3) is 0.560. The lowest BCUT2D eigenvalue weighted by Crippen LogP contribution is -2.39. The number of aryl methyl sites for hydroxylation is 2. The van der Waals surface area contributed by atoms with Crippen LogP contribution in [0.5, 0.6) is 11.5 Å². The summed E-state index contributed by atoms with van der Waals surface area (Å²) in [6, 6.07) is 5.92. The van der Waals surface area contributed by atoms with Gasteiger partial charge in [0.15, 0.2) is 16.7 Å². The van der Waals surface area contributed by atoms with E-state index in [1.807, 2.05) is 29.3 Å². The monoisotopic (exact) mass is 469 g/mol. The van der Waals surface area contributed by atoms with Crippen LogP contribution in [0.25, 0.3) is 0 Å². The van der Waals surface area contributed by atoms with Crippen LogP contribution in [-0.4, -0.2) is 59.1 Å². The zero-order valence-corrected chi connectivity index (χ0v) is 19.9. The third-order valence-corrected chi connectivity index (χ3v) is 7.63. The van der Waals surface area contributed by atoms with Gasteiger partial charge in [-0.05, 0) is 62.3 Å². The van der Waals surface area contributed by atoms with Crippen molar-refractivity contribution in [1.29, 1.82) is 0 Å². The van der Waals surface area contributed by atoms with Gasteiger partial charge in [0.25, 0.3) is 0 Å². The van der Waals surface area contributed by atoms with Crippen molar-refractivity contribution < 1.29 is 19.0 Å². The molecule has 2 atom stereocenters.